The number of rotatable bonds is 4. The molecule has 0 unspecified atom stereocenters. The molecule has 0 aromatic heterocycles. The van der Waals surface area contributed by atoms with Crippen LogP contribution in [-0.4, -0.2) is 18.9 Å². The van der Waals surface area contributed by atoms with Gasteiger partial charge in [-0.05, 0) is 42.5 Å². The molecule has 0 atom stereocenters. The van der Waals surface area contributed by atoms with Crippen LogP contribution in [0, 0.1) is 0 Å². The zero-order valence-electron chi connectivity index (χ0n) is 14.1. The minimum atomic E-state index is -0.324. The number of para-hydroxylation sites is 2. The Hall–Kier alpha value is -3.11. The van der Waals surface area contributed by atoms with E-state index in [1.165, 1.54) is 0 Å². The molecule has 2 amide bonds. The van der Waals surface area contributed by atoms with Crippen molar-refractivity contribution in [3.8, 4) is 0 Å². The number of nitrogens with one attached hydrogen (secondary N) is 1. The van der Waals surface area contributed by atoms with Gasteiger partial charge in [0.15, 0.2) is 0 Å². The Balaban J connectivity index is 1.80. The van der Waals surface area contributed by atoms with Gasteiger partial charge in [0.05, 0.1) is 10.7 Å². The van der Waals surface area contributed by atoms with Crippen molar-refractivity contribution in [2.24, 2.45) is 0 Å². The lowest BCUT2D eigenvalue weighted by Crippen LogP contribution is -2.26. The maximum Gasteiger partial charge on any atom is 0.258 e. The molecule has 130 valence electrons. The fourth-order valence-electron chi connectivity index (χ4n) is 2.51. The quantitative estimate of drug-likeness (QED) is 0.718. The van der Waals surface area contributed by atoms with Crippen LogP contribution in [0.4, 0.5) is 11.4 Å². The molecule has 3 aromatic rings. The highest BCUT2D eigenvalue weighted by molar-refractivity contribution is 6.33. The molecule has 0 aliphatic rings. The van der Waals surface area contributed by atoms with Gasteiger partial charge in [-0.25, -0.2) is 0 Å². The van der Waals surface area contributed by atoms with Crippen LogP contribution in [0.5, 0.6) is 0 Å². The van der Waals surface area contributed by atoms with Crippen LogP contribution in [0.1, 0.15) is 20.7 Å². The number of nitrogens with zero attached hydrogens (tertiary/aromatic N) is 1. The van der Waals surface area contributed by atoms with Gasteiger partial charge in [0.1, 0.15) is 0 Å². The van der Waals surface area contributed by atoms with Crippen LogP contribution < -0.4 is 10.2 Å². The van der Waals surface area contributed by atoms with Gasteiger partial charge in [0, 0.05) is 23.9 Å². The minimum absolute atomic E-state index is 0.191. The summed E-state index contributed by atoms with van der Waals surface area (Å²) in [6.45, 7) is 0. The molecule has 4 nitrogen and oxygen atoms in total. The number of hydrogen-bond donors (Lipinski definition) is 1. The molecular formula is C21H17ClN2O2. The summed E-state index contributed by atoms with van der Waals surface area (Å²) in [7, 11) is 1.70. The van der Waals surface area contributed by atoms with Gasteiger partial charge in [0.2, 0.25) is 0 Å². The Labute approximate surface area is 157 Å². The number of halogens is 1. The number of anilines is 2. The highest BCUT2D eigenvalue weighted by Crippen LogP contribution is 2.22. The van der Waals surface area contributed by atoms with Crippen LogP contribution in [0.15, 0.2) is 78.9 Å². The molecule has 0 spiro atoms. The van der Waals surface area contributed by atoms with Crippen LogP contribution >= 0.6 is 11.6 Å². The maximum atomic E-state index is 12.7. The second kappa shape index (κ2) is 7.85. The summed E-state index contributed by atoms with van der Waals surface area (Å²) in [5.74, 6) is -0.515. The monoisotopic (exact) mass is 364 g/mol. The minimum Gasteiger partial charge on any atom is -0.321 e. The third-order valence-corrected chi connectivity index (χ3v) is 4.27. The lowest BCUT2D eigenvalue weighted by atomic mass is 10.1. The summed E-state index contributed by atoms with van der Waals surface area (Å²) in [4.78, 5) is 26.7. The Morgan fingerprint density at radius 3 is 2.23 bits per heavy atom. The van der Waals surface area contributed by atoms with E-state index in [9.17, 15) is 9.59 Å². The van der Waals surface area contributed by atoms with E-state index in [0.717, 1.165) is 5.69 Å². The summed E-state index contributed by atoms with van der Waals surface area (Å²) in [5.41, 5.74) is 2.13. The molecular weight excluding hydrogens is 348 g/mol. The van der Waals surface area contributed by atoms with Crippen molar-refractivity contribution >= 4 is 34.8 Å². The van der Waals surface area contributed by atoms with Gasteiger partial charge >= 0.3 is 0 Å². The number of hydrogen-bond acceptors (Lipinski definition) is 2. The average Bonchev–Trinajstić information content (AvgIpc) is 2.69. The molecule has 1 N–H and O–H groups in total. The number of benzene rings is 3. The van der Waals surface area contributed by atoms with Gasteiger partial charge in [-0.15, -0.1) is 0 Å². The van der Waals surface area contributed by atoms with Crippen LogP contribution in [0.3, 0.4) is 0 Å². The smallest absolute Gasteiger partial charge is 0.258 e. The van der Waals surface area contributed by atoms with Crippen molar-refractivity contribution in [1.82, 2.24) is 0 Å². The van der Waals surface area contributed by atoms with Crippen molar-refractivity contribution in [2.45, 2.75) is 0 Å². The Kier molecular flexibility index (Phi) is 5.34. The molecule has 0 saturated heterocycles. The second-order valence-corrected chi connectivity index (χ2v) is 6.12. The standard InChI is InChI=1S/C21H17ClN2O2/c1-24(17-10-3-2-4-11-17)21(26)16-9-7-8-15(14-16)20(25)23-19-13-6-5-12-18(19)22/h2-14H,1H3,(H,23,25). The second-order valence-electron chi connectivity index (χ2n) is 5.71. The van der Waals surface area contributed by atoms with E-state index in [4.69, 9.17) is 11.6 Å². The number of amides is 2. The van der Waals surface area contributed by atoms with Crippen molar-refractivity contribution < 1.29 is 9.59 Å². The molecule has 0 bridgehead atoms. The first kappa shape index (κ1) is 17.7. The molecule has 0 aliphatic carbocycles. The average molecular weight is 365 g/mol. The van der Waals surface area contributed by atoms with E-state index < -0.39 is 0 Å². The maximum absolute atomic E-state index is 12.7. The Morgan fingerprint density at radius 1 is 0.846 bits per heavy atom. The highest BCUT2D eigenvalue weighted by Gasteiger charge is 2.16. The van der Waals surface area contributed by atoms with Crippen molar-refractivity contribution in [3.63, 3.8) is 0 Å². The van der Waals surface area contributed by atoms with Crippen LogP contribution in [0.2, 0.25) is 5.02 Å². The zero-order valence-corrected chi connectivity index (χ0v) is 14.9. The molecule has 5 heteroatoms. The molecule has 0 fully saturated rings. The fourth-order valence-corrected chi connectivity index (χ4v) is 2.70. The molecule has 0 saturated carbocycles. The lowest BCUT2D eigenvalue weighted by Gasteiger charge is -2.17. The number of carbonyl (C=O) groups excluding carboxylic acids is 2. The van der Waals surface area contributed by atoms with Gasteiger partial charge in [-0.2, -0.15) is 0 Å². The van der Waals surface area contributed by atoms with Gasteiger partial charge in [0.25, 0.3) is 11.8 Å². The summed E-state index contributed by atoms with van der Waals surface area (Å²) in [6, 6.07) is 22.9. The summed E-state index contributed by atoms with van der Waals surface area (Å²) >= 11 is 6.07. The van der Waals surface area contributed by atoms with E-state index in [0.29, 0.717) is 21.8 Å². The first-order valence-electron chi connectivity index (χ1n) is 8.05. The largest absolute Gasteiger partial charge is 0.321 e. The fraction of sp³-hybridized carbons (Fsp3) is 0.0476. The van der Waals surface area contributed by atoms with Crippen LogP contribution in [-0.2, 0) is 0 Å². The molecule has 26 heavy (non-hydrogen) atoms. The topological polar surface area (TPSA) is 49.4 Å². The van der Waals surface area contributed by atoms with Crippen molar-refractivity contribution in [1.29, 1.82) is 0 Å². The van der Waals surface area contributed by atoms with Crippen molar-refractivity contribution in [2.75, 3.05) is 17.3 Å². The zero-order chi connectivity index (χ0) is 18.5. The third-order valence-electron chi connectivity index (χ3n) is 3.94. The summed E-state index contributed by atoms with van der Waals surface area (Å²) in [5, 5.41) is 3.21. The van der Waals surface area contributed by atoms with Crippen molar-refractivity contribution in [3.05, 3.63) is 95.0 Å². The SMILES string of the molecule is CN(C(=O)c1cccc(C(=O)Nc2ccccc2Cl)c1)c1ccccc1. The molecule has 0 aliphatic heterocycles. The first-order chi connectivity index (χ1) is 12.6. The Bertz CT molecular complexity index is 942. The van der Waals surface area contributed by atoms with Gasteiger partial charge < -0.3 is 10.2 Å². The highest BCUT2D eigenvalue weighted by atomic mass is 35.5. The van der Waals surface area contributed by atoms with Gasteiger partial charge in [-0.3, -0.25) is 9.59 Å². The Morgan fingerprint density at radius 2 is 1.50 bits per heavy atom. The summed E-state index contributed by atoms with van der Waals surface area (Å²) in [6.07, 6.45) is 0. The van der Waals surface area contributed by atoms with E-state index in [1.807, 2.05) is 30.3 Å². The molecule has 0 radical (unpaired) electrons. The molecule has 3 aromatic carbocycles. The third kappa shape index (κ3) is 3.92. The molecule has 3 rings (SSSR count). The van der Waals surface area contributed by atoms with E-state index >= 15 is 0 Å². The van der Waals surface area contributed by atoms with E-state index in [1.54, 1.807) is 60.5 Å². The normalized spacial score (nSPS) is 10.2. The van der Waals surface area contributed by atoms with E-state index in [2.05, 4.69) is 5.32 Å². The van der Waals surface area contributed by atoms with Gasteiger partial charge in [-0.1, -0.05) is 48.0 Å². The molecule has 0 heterocycles. The summed E-state index contributed by atoms with van der Waals surface area (Å²) < 4.78 is 0. The predicted octanol–water partition coefficient (Wildman–Crippen LogP) is 4.87. The number of carbonyl (C=O) groups is 2. The lowest BCUT2D eigenvalue weighted by molar-refractivity contribution is 0.0993. The van der Waals surface area contributed by atoms with Crippen LogP contribution in [0.25, 0.3) is 0 Å². The first-order valence-corrected chi connectivity index (χ1v) is 8.43. The van der Waals surface area contributed by atoms with E-state index in [-0.39, 0.29) is 11.8 Å². The predicted molar refractivity (Wildman–Crippen MR) is 105 cm³/mol.